The van der Waals surface area contributed by atoms with Gasteiger partial charge in [-0.15, -0.1) is 0 Å². The van der Waals surface area contributed by atoms with Gasteiger partial charge in [0.1, 0.15) is 6.61 Å². The highest BCUT2D eigenvalue weighted by atomic mass is 31.2. The van der Waals surface area contributed by atoms with Gasteiger partial charge in [-0.3, -0.25) is 18.6 Å². The van der Waals surface area contributed by atoms with E-state index in [4.69, 9.17) is 24.3 Å². The van der Waals surface area contributed by atoms with E-state index in [0.717, 1.165) is 57.8 Å². The molecule has 0 radical (unpaired) electrons. The Kier molecular flexibility index (Phi) is 39.4. The Morgan fingerprint density at radius 3 is 1.44 bits per heavy atom. The molecule has 57 heavy (non-hydrogen) atoms. The predicted octanol–water partition coefficient (Wildman–Crippen LogP) is 12.2. The van der Waals surface area contributed by atoms with Crippen LogP contribution in [0.2, 0.25) is 0 Å². The van der Waals surface area contributed by atoms with E-state index in [1.54, 1.807) is 0 Å². The summed E-state index contributed by atoms with van der Waals surface area (Å²) in [6.45, 7) is 3.40. The molecule has 0 bridgehead atoms. The topological polar surface area (TPSA) is 134 Å². The number of hydrogen-bond acceptors (Lipinski definition) is 8. The normalized spacial score (nSPS) is 14.5. The fourth-order valence-corrected chi connectivity index (χ4v) is 5.53. The molecule has 320 valence electrons. The Labute approximate surface area is 345 Å². The van der Waals surface area contributed by atoms with E-state index < -0.39 is 32.5 Å². The van der Waals surface area contributed by atoms with Crippen molar-refractivity contribution in [3.05, 3.63) is 122 Å². The number of phosphoric ester groups is 1. The van der Waals surface area contributed by atoms with Crippen LogP contribution in [0, 0.1) is 0 Å². The maximum Gasteiger partial charge on any atom is 0.472 e. The monoisotopic (exact) mass is 812 g/mol. The lowest BCUT2D eigenvalue weighted by Crippen LogP contribution is -2.29. The molecule has 10 heteroatoms. The van der Waals surface area contributed by atoms with Crippen molar-refractivity contribution in [2.45, 2.75) is 136 Å². The average Bonchev–Trinajstić information content (AvgIpc) is 3.20. The van der Waals surface area contributed by atoms with Crippen LogP contribution in [0.4, 0.5) is 0 Å². The molecule has 2 atom stereocenters. The number of hydrogen-bond donors (Lipinski definition) is 2. The van der Waals surface area contributed by atoms with Gasteiger partial charge in [-0.25, -0.2) is 4.57 Å². The molecule has 0 rings (SSSR count). The van der Waals surface area contributed by atoms with Gasteiger partial charge in [0.05, 0.1) is 13.2 Å². The van der Waals surface area contributed by atoms with Crippen LogP contribution in [0.5, 0.6) is 0 Å². The SMILES string of the molecule is CC/C=C/C/C=C/C/C=C/C/C=C/C/C=C/CCCC(=O)OC[C@H](COP(=O)(O)OCCN)OC(=O)CC/C=C/C/C=C/C/C=C/C/C=C/C/C=C/CCCCC. The summed E-state index contributed by atoms with van der Waals surface area (Å²) in [5, 5.41) is 0. The van der Waals surface area contributed by atoms with Crippen LogP contribution >= 0.6 is 7.82 Å². The maximum absolute atomic E-state index is 12.5. The molecule has 0 saturated heterocycles. The number of allylic oxidation sites excluding steroid dienone is 20. The molecule has 0 aliphatic rings. The van der Waals surface area contributed by atoms with E-state index >= 15 is 0 Å². The van der Waals surface area contributed by atoms with Gasteiger partial charge in [0, 0.05) is 19.4 Å². The molecular formula is C47H74NO8P. The van der Waals surface area contributed by atoms with Gasteiger partial charge in [0.25, 0.3) is 0 Å². The molecule has 3 N–H and O–H groups in total. The highest BCUT2D eigenvalue weighted by Crippen LogP contribution is 2.43. The summed E-state index contributed by atoms with van der Waals surface area (Å²) >= 11 is 0. The van der Waals surface area contributed by atoms with E-state index in [2.05, 4.69) is 117 Å². The van der Waals surface area contributed by atoms with Crippen molar-refractivity contribution in [2.75, 3.05) is 26.4 Å². The summed E-state index contributed by atoms with van der Waals surface area (Å²) in [5.74, 6) is -1.01. The Bertz CT molecular complexity index is 1340. The van der Waals surface area contributed by atoms with Gasteiger partial charge in [-0.05, 0) is 89.9 Å². The standard InChI is InChI=1S/C47H74NO8P/c1-3-5-7-9-11-13-15-17-19-21-22-24-26-28-30-32-34-36-38-40-47(50)56-45(44-55-57(51,52)54-42-41-48)43-53-46(49)39-37-35-33-31-29-27-25-23-20-18-16-14-12-10-8-6-4-2/h6,8,11-14,17-20,22,24-25,27-28,30-31,33-34,36,45H,3-5,7,9-10,15-16,21,23,26,29,32,35,37-44,48H2,1-2H3,(H,51,52)/b8-6+,13-11+,14-12+,19-17+,20-18+,24-22+,27-25+,30-28+,33-31+,36-34+/t45-/m1/s1. The molecule has 0 spiro atoms. The maximum atomic E-state index is 12.5. The first kappa shape index (κ1) is 53.4. The van der Waals surface area contributed by atoms with Crippen molar-refractivity contribution >= 4 is 19.8 Å². The van der Waals surface area contributed by atoms with E-state index in [1.165, 1.54) is 25.7 Å². The second-order valence-corrected chi connectivity index (χ2v) is 14.6. The first-order valence-corrected chi connectivity index (χ1v) is 22.5. The number of esters is 2. The molecule has 0 amide bonds. The average molecular weight is 812 g/mol. The zero-order valence-electron chi connectivity index (χ0n) is 35.0. The molecule has 0 aliphatic heterocycles. The Morgan fingerprint density at radius 1 is 0.544 bits per heavy atom. The zero-order chi connectivity index (χ0) is 41.8. The minimum atomic E-state index is -4.42. The number of ether oxygens (including phenoxy) is 2. The second-order valence-electron chi connectivity index (χ2n) is 13.1. The molecule has 0 aromatic rings. The van der Waals surface area contributed by atoms with Crippen LogP contribution < -0.4 is 5.73 Å². The fraction of sp³-hybridized carbons (Fsp3) is 0.532. The first-order valence-electron chi connectivity index (χ1n) is 21.0. The smallest absolute Gasteiger partial charge is 0.462 e. The van der Waals surface area contributed by atoms with Crippen molar-refractivity contribution < 1.29 is 37.6 Å². The number of phosphoric acid groups is 1. The summed E-state index contributed by atoms with van der Waals surface area (Å²) in [6, 6.07) is 0. The summed E-state index contributed by atoms with van der Waals surface area (Å²) in [4.78, 5) is 34.8. The summed E-state index contributed by atoms with van der Waals surface area (Å²) in [7, 11) is -4.42. The highest BCUT2D eigenvalue weighted by molar-refractivity contribution is 7.47. The molecule has 0 saturated carbocycles. The molecule has 0 heterocycles. The minimum absolute atomic E-state index is 0.0273. The fourth-order valence-electron chi connectivity index (χ4n) is 4.77. The van der Waals surface area contributed by atoms with E-state index in [-0.39, 0.29) is 32.6 Å². The van der Waals surface area contributed by atoms with Crippen LogP contribution in [0.3, 0.4) is 0 Å². The van der Waals surface area contributed by atoms with Gasteiger partial charge in [0.15, 0.2) is 6.10 Å². The van der Waals surface area contributed by atoms with Crippen LogP contribution in [0.25, 0.3) is 0 Å². The second kappa shape index (κ2) is 42.0. The molecule has 0 aliphatic carbocycles. The third-order valence-electron chi connectivity index (χ3n) is 7.85. The third-order valence-corrected chi connectivity index (χ3v) is 8.83. The molecule has 0 fully saturated rings. The van der Waals surface area contributed by atoms with Gasteiger partial charge in [-0.2, -0.15) is 0 Å². The van der Waals surface area contributed by atoms with Crippen molar-refractivity contribution in [1.29, 1.82) is 0 Å². The Hall–Kier alpha value is -3.59. The first-order chi connectivity index (χ1) is 27.8. The van der Waals surface area contributed by atoms with Crippen LogP contribution in [-0.4, -0.2) is 49.3 Å². The van der Waals surface area contributed by atoms with Gasteiger partial charge >= 0.3 is 19.8 Å². The molecule has 1 unspecified atom stereocenters. The number of carbonyl (C=O) groups is 2. The number of unbranched alkanes of at least 4 members (excludes halogenated alkanes) is 4. The molecule has 0 aromatic heterocycles. The quantitative estimate of drug-likeness (QED) is 0.0272. The van der Waals surface area contributed by atoms with Gasteiger partial charge in [0.2, 0.25) is 0 Å². The van der Waals surface area contributed by atoms with Crippen molar-refractivity contribution in [3.8, 4) is 0 Å². The van der Waals surface area contributed by atoms with E-state index in [1.807, 2.05) is 18.2 Å². The molecule has 9 nitrogen and oxygen atoms in total. The number of rotatable bonds is 37. The van der Waals surface area contributed by atoms with E-state index in [0.29, 0.717) is 19.3 Å². The van der Waals surface area contributed by atoms with Gasteiger partial charge in [-0.1, -0.05) is 148 Å². The van der Waals surface area contributed by atoms with Crippen LogP contribution in [0.15, 0.2) is 122 Å². The van der Waals surface area contributed by atoms with Crippen molar-refractivity contribution in [1.82, 2.24) is 0 Å². The lowest BCUT2D eigenvalue weighted by Gasteiger charge is -2.19. The van der Waals surface area contributed by atoms with Crippen molar-refractivity contribution in [3.63, 3.8) is 0 Å². The van der Waals surface area contributed by atoms with Gasteiger partial charge < -0.3 is 20.1 Å². The molecular weight excluding hydrogens is 737 g/mol. The zero-order valence-corrected chi connectivity index (χ0v) is 35.9. The largest absolute Gasteiger partial charge is 0.472 e. The molecule has 0 aromatic carbocycles. The lowest BCUT2D eigenvalue weighted by atomic mass is 10.2. The Balaban J connectivity index is 4.43. The lowest BCUT2D eigenvalue weighted by molar-refractivity contribution is -0.161. The number of nitrogens with two attached hydrogens (primary N) is 1. The van der Waals surface area contributed by atoms with Crippen molar-refractivity contribution in [2.24, 2.45) is 5.73 Å². The summed E-state index contributed by atoms with van der Waals surface area (Å²) < 4.78 is 32.6. The Morgan fingerprint density at radius 2 is 0.982 bits per heavy atom. The van der Waals surface area contributed by atoms with Crippen LogP contribution in [0.1, 0.15) is 129 Å². The predicted molar refractivity (Wildman–Crippen MR) is 237 cm³/mol. The summed E-state index contributed by atoms with van der Waals surface area (Å²) in [6.07, 6.45) is 56.8. The van der Waals surface area contributed by atoms with E-state index in [9.17, 15) is 19.0 Å². The van der Waals surface area contributed by atoms with Crippen LogP contribution in [-0.2, 0) is 32.7 Å². The highest BCUT2D eigenvalue weighted by Gasteiger charge is 2.25. The number of carbonyl (C=O) groups excluding carboxylic acids is 2. The summed E-state index contributed by atoms with van der Waals surface area (Å²) in [5.41, 5.74) is 5.33. The third kappa shape index (κ3) is 41.9. The minimum Gasteiger partial charge on any atom is -0.462 e.